The highest BCUT2D eigenvalue weighted by Crippen LogP contribution is 2.30. The third-order valence-electron chi connectivity index (χ3n) is 3.44. The molecule has 0 spiro atoms. The monoisotopic (exact) mass is 295 g/mol. The molecular weight excluding hydrogens is 282 g/mol. The minimum atomic E-state index is -0.459. The summed E-state index contributed by atoms with van der Waals surface area (Å²) >= 11 is 0. The van der Waals surface area contributed by atoms with E-state index < -0.39 is 5.91 Å². The fraction of sp³-hybridized carbons (Fsp3) is 0.0625. The SMILES string of the molecule is C=C1c2ccccc2C(=O)N1CC(=O)Nc1c[nH]ccc1=O. The maximum atomic E-state index is 12.3. The van der Waals surface area contributed by atoms with Crippen molar-refractivity contribution in [1.82, 2.24) is 9.88 Å². The molecule has 3 rings (SSSR count). The van der Waals surface area contributed by atoms with Gasteiger partial charge in [0.2, 0.25) is 11.3 Å². The molecule has 1 aromatic heterocycles. The first-order valence-corrected chi connectivity index (χ1v) is 6.65. The van der Waals surface area contributed by atoms with E-state index in [0.717, 1.165) is 5.56 Å². The van der Waals surface area contributed by atoms with Crippen LogP contribution in [0.3, 0.4) is 0 Å². The van der Waals surface area contributed by atoms with Gasteiger partial charge >= 0.3 is 0 Å². The summed E-state index contributed by atoms with van der Waals surface area (Å²) in [5.74, 6) is -0.725. The van der Waals surface area contributed by atoms with Gasteiger partial charge in [-0.2, -0.15) is 0 Å². The van der Waals surface area contributed by atoms with Crippen molar-refractivity contribution in [3.8, 4) is 0 Å². The second-order valence-corrected chi connectivity index (χ2v) is 4.85. The molecule has 0 bridgehead atoms. The third-order valence-corrected chi connectivity index (χ3v) is 3.44. The van der Waals surface area contributed by atoms with Gasteiger partial charge in [-0.3, -0.25) is 19.3 Å². The molecule has 0 atom stereocenters. The van der Waals surface area contributed by atoms with E-state index in [1.165, 1.54) is 23.4 Å². The zero-order valence-corrected chi connectivity index (χ0v) is 11.6. The normalized spacial score (nSPS) is 13.2. The Hall–Kier alpha value is -3.15. The van der Waals surface area contributed by atoms with Crippen LogP contribution in [-0.2, 0) is 4.79 Å². The van der Waals surface area contributed by atoms with E-state index in [-0.39, 0.29) is 23.6 Å². The number of hydrogen-bond acceptors (Lipinski definition) is 3. The summed E-state index contributed by atoms with van der Waals surface area (Å²) in [7, 11) is 0. The van der Waals surface area contributed by atoms with E-state index in [4.69, 9.17) is 0 Å². The highest BCUT2D eigenvalue weighted by Gasteiger charge is 2.31. The molecule has 1 aliphatic rings. The van der Waals surface area contributed by atoms with Crippen LogP contribution in [0.15, 0.2) is 54.1 Å². The summed E-state index contributed by atoms with van der Waals surface area (Å²) in [6.45, 7) is 3.67. The fourth-order valence-electron chi connectivity index (χ4n) is 2.35. The van der Waals surface area contributed by atoms with Gasteiger partial charge in [0.05, 0.1) is 0 Å². The van der Waals surface area contributed by atoms with Crippen molar-refractivity contribution in [3.05, 3.63) is 70.7 Å². The number of nitrogens with zero attached hydrogens (tertiary/aromatic N) is 1. The molecular formula is C16H13N3O3. The number of fused-ring (bicyclic) bond motifs is 1. The predicted octanol–water partition coefficient (Wildman–Crippen LogP) is 1.44. The number of anilines is 1. The number of rotatable bonds is 3. The first kappa shape index (κ1) is 13.8. The Morgan fingerprint density at radius 3 is 2.59 bits per heavy atom. The average molecular weight is 295 g/mol. The maximum absolute atomic E-state index is 12.3. The van der Waals surface area contributed by atoms with Crippen molar-refractivity contribution in [2.45, 2.75) is 0 Å². The Morgan fingerprint density at radius 1 is 1.18 bits per heavy atom. The fourth-order valence-corrected chi connectivity index (χ4v) is 2.35. The third kappa shape index (κ3) is 2.31. The smallest absolute Gasteiger partial charge is 0.259 e. The number of amides is 2. The topological polar surface area (TPSA) is 82.3 Å². The molecule has 6 heteroatoms. The Labute approximate surface area is 126 Å². The van der Waals surface area contributed by atoms with Crippen molar-refractivity contribution in [3.63, 3.8) is 0 Å². The van der Waals surface area contributed by atoms with Crippen LogP contribution in [0.2, 0.25) is 0 Å². The van der Waals surface area contributed by atoms with Crippen LogP contribution in [0.25, 0.3) is 5.70 Å². The molecule has 2 N–H and O–H groups in total. The lowest BCUT2D eigenvalue weighted by atomic mass is 10.1. The van der Waals surface area contributed by atoms with Crippen molar-refractivity contribution < 1.29 is 9.59 Å². The number of benzene rings is 1. The molecule has 0 radical (unpaired) electrons. The molecule has 110 valence electrons. The Balaban J connectivity index is 1.76. The predicted molar refractivity (Wildman–Crippen MR) is 82.2 cm³/mol. The van der Waals surface area contributed by atoms with Gasteiger partial charge in [-0.1, -0.05) is 24.8 Å². The second kappa shape index (κ2) is 5.33. The zero-order chi connectivity index (χ0) is 15.7. The number of hydrogen-bond donors (Lipinski definition) is 2. The highest BCUT2D eigenvalue weighted by molar-refractivity contribution is 6.11. The standard InChI is InChI=1S/C16H13N3O3/c1-10-11-4-2-3-5-12(11)16(22)19(10)9-15(21)18-13-8-17-7-6-14(13)20/h2-8H,1,9H2,(H,17,20)(H,18,21). The molecule has 2 heterocycles. The van der Waals surface area contributed by atoms with Crippen LogP contribution >= 0.6 is 0 Å². The number of carbonyl (C=O) groups excluding carboxylic acids is 2. The number of aromatic amines is 1. The summed E-state index contributed by atoms with van der Waals surface area (Å²) in [5, 5.41) is 2.49. The van der Waals surface area contributed by atoms with E-state index in [2.05, 4.69) is 16.9 Å². The maximum Gasteiger partial charge on any atom is 0.259 e. The second-order valence-electron chi connectivity index (χ2n) is 4.85. The van der Waals surface area contributed by atoms with Crippen LogP contribution in [0.4, 0.5) is 5.69 Å². The molecule has 2 aromatic rings. The van der Waals surface area contributed by atoms with Crippen molar-refractivity contribution in [2.24, 2.45) is 0 Å². The lowest BCUT2D eigenvalue weighted by molar-refractivity contribution is -0.116. The molecule has 1 aliphatic heterocycles. The summed E-state index contributed by atoms with van der Waals surface area (Å²) in [6.07, 6.45) is 2.87. The number of pyridine rings is 1. The molecule has 0 fully saturated rings. The first-order valence-electron chi connectivity index (χ1n) is 6.65. The van der Waals surface area contributed by atoms with Crippen LogP contribution < -0.4 is 10.7 Å². The molecule has 6 nitrogen and oxygen atoms in total. The lowest BCUT2D eigenvalue weighted by Gasteiger charge is -2.16. The molecule has 2 amide bonds. The van der Waals surface area contributed by atoms with Crippen LogP contribution in [0, 0.1) is 0 Å². The molecule has 0 saturated carbocycles. The Bertz CT molecular complexity index is 803. The summed E-state index contributed by atoms with van der Waals surface area (Å²) in [5.41, 5.74) is 1.57. The average Bonchev–Trinajstić information content (AvgIpc) is 2.75. The minimum Gasteiger partial charge on any atom is -0.366 e. The van der Waals surface area contributed by atoms with E-state index in [0.29, 0.717) is 11.3 Å². The van der Waals surface area contributed by atoms with Gasteiger partial charge in [0.15, 0.2) is 0 Å². The quantitative estimate of drug-likeness (QED) is 0.899. The minimum absolute atomic E-state index is 0.141. The molecule has 0 unspecified atom stereocenters. The Morgan fingerprint density at radius 2 is 1.91 bits per heavy atom. The number of carbonyl (C=O) groups is 2. The van der Waals surface area contributed by atoms with E-state index in [1.807, 2.05) is 6.07 Å². The van der Waals surface area contributed by atoms with Crippen molar-refractivity contribution in [2.75, 3.05) is 11.9 Å². The summed E-state index contributed by atoms with van der Waals surface area (Å²) in [4.78, 5) is 39.9. The molecule has 22 heavy (non-hydrogen) atoms. The highest BCUT2D eigenvalue weighted by atomic mass is 16.2. The first-order chi connectivity index (χ1) is 10.6. The van der Waals surface area contributed by atoms with Gasteiger partial charge in [-0.25, -0.2) is 0 Å². The molecule has 0 saturated heterocycles. The van der Waals surface area contributed by atoms with Crippen LogP contribution in [0.5, 0.6) is 0 Å². The number of aromatic nitrogens is 1. The Kier molecular flexibility index (Phi) is 3.34. The number of nitrogens with one attached hydrogen (secondary N) is 2. The van der Waals surface area contributed by atoms with Crippen molar-refractivity contribution >= 4 is 23.2 Å². The van der Waals surface area contributed by atoms with Gasteiger partial charge in [0.25, 0.3) is 5.91 Å². The largest absolute Gasteiger partial charge is 0.366 e. The zero-order valence-electron chi connectivity index (χ0n) is 11.6. The lowest BCUT2D eigenvalue weighted by Crippen LogP contribution is -2.33. The van der Waals surface area contributed by atoms with Crippen LogP contribution in [-0.4, -0.2) is 28.2 Å². The molecule has 0 aliphatic carbocycles. The van der Waals surface area contributed by atoms with Gasteiger partial charge < -0.3 is 10.3 Å². The molecule has 1 aromatic carbocycles. The van der Waals surface area contributed by atoms with Gasteiger partial charge in [-0.15, -0.1) is 0 Å². The summed E-state index contributed by atoms with van der Waals surface area (Å²) < 4.78 is 0. The van der Waals surface area contributed by atoms with E-state index >= 15 is 0 Å². The van der Waals surface area contributed by atoms with Crippen LogP contribution in [0.1, 0.15) is 15.9 Å². The van der Waals surface area contributed by atoms with E-state index in [9.17, 15) is 14.4 Å². The summed E-state index contributed by atoms with van der Waals surface area (Å²) in [6, 6.07) is 8.37. The van der Waals surface area contributed by atoms with Crippen molar-refractivity contribution in [1.29, 1.82) is 0 Å². The number of H-pyrrole nitrogens is 1. The van der Waals surface area contributed by atoms with Gasteiger partial charge in [-0.05, 0) is 6.07 Å². The van der Waals surface area contributed by atoms with E-state index in [1.54, 1.807) is 18.2 Å². The van der Waals surface area contributed by atoms with Gasteiger partial charge in [0, 0.05) is 35.3 Å². The van der Waals surface area contributed by atoms with Gasteiger partial charge in [0.1, 0.15) is 12.2 Å².